The molecule has 0 heterocycles. The minimum Gasteiger partial charge on any atom is -0.398 e. The number of nitrogen functional groups attached to an aromatic ring is 1. The molecule has 0 saturated carbocycles. The lowest BCUT2D eigenvalue weighted by Gasteiger charge is -2.29. The molecule has 1 rings (SSSR count). The molecular formula is C14H23FN2O3S. The van der Waals surface area contributed by atoms with E-state index < -0.39 is 26.2 Å². The standard InChI is InChI=1S/C14H23FN2O3S/c1-4-14(5-2,9-18)8-17-21(19,20)13-7-12(16)10(3)6-11(13)15/h6-7,17-18H,4-5,8-9,16H2,1-3H3. The zero-order chi connectivity index (χ0) is 16.3. The summed E-state index contributed by atoms with van der Waals surface area (Å²) in [5.41, 5.74) is 5.81. The predicted octanol–water partition coefficient (Wildman–Crippen LogP) is 1.79. The van der Waals surface area contributed by atoms with Crippen molar-refractivity contribution in [1.82, 2.24) is 4.72 Å². The summed E-state index contributed by atoms with van der Waals surface area (Å²) in [6, 6.07) is 2.22. The van der Waals surface area contributed by atoms with Crippen LogP contribution >= 0.6 is 0 Å². The third-order valence-corrected chi connectivity index (χ3v) is 5.50. The van der Waals surface area contributed by atoms with Crippen LogP contribution in [0.4, 0.5) is 10.1 Å². The minimum absolute atomic E-state index is 0.0477. The second-order valence-electron chi connectivity index (χ2n) is 5.33. The number of halogens is 1. The lowest BCUT2D eigenvalue weighted by molar-refractivity contribution is 0.119. The molecule has 0 bridgehead atoms. The molecule has 120 valence electrons. The first-order valence-corrected chi connectivity index (χ1v) is 8.36. The zero-order valence-corrected chi connectivity index (χ0v) is 13.4. The van der Waals surface area contributed by atoms with Gasteiger partial charge >= 0.3 is 0 Å². The van der Waals surface area contributed by atoms with Crippen molar-refractivity contribution in [2.24, 2.45) is 5.41 Å². The maximum Gasteiger partial charge on any atom is 0.243 e. The number of sulfonamides is 1. The van der Waals surface area contributed by atoms with Gasteiger partial charge in [-0.25, -0.2) is 17.5 Å². The van der Waals surface area contributed by atoms with E-state index in [0.717, 1.165) is 12.1 Å². The summed E-state index contributed by atoms with van der Waals surface area (Å²) in [5.74, 6) is -0.836. The Kier molecular flexibility index (Phi) is 5.72. The lowest BCUT2D eigenvalue weighted by Crippen LogP contribution is -2.39. The normalized spacial score (nSPS) is 12.6. The number of aliphatic hydroxyl groups excluding tert-OH is 1. The average Bonchev–Trinajstić information content (AvgIpc) is 2.45. The van der Waals surface area contributed by atoms with Crippen LogP contribution in [-0.4, -0.2) is 26.7 Å². The van der Waals surface area contributed by atoms with Crippen LogP contribution in [0, 0.1) is 18.2 Å². The van der Waals surface area contributed by atoms with Crippen LogP contribution in [0.5, 0.6) is 0 Å². The molecule has 5 nitrogen and oxygen atoms in total. The molecule has 0 aromatic heterocycles. The molecule has 0 aliphatic heterocycles. The Labute approximate surface area is 125 Å². The SMILES string of the molecule is CCC(CC)(CO)CNS(=O)(=O)c1cc(N)c(C)cc1F. The first-order chi connectivity index (χ1) is 9.71. The quantitative estimate of drug-likeness (QED) is 0.668. The highest BCUT2D eigenvalue weighted by atomic mass is 32.2. The van der Waals surface area contributed by atoms with Gasteiger partial charge in [0.05, 0.1) is 0 Å². The van der Waals surface area contributed by atoms with Crippen molar-refractivity contribution in [2.45, 2.75) is 38.5 Å². The van der Waals surface area contributed by atoms with Gasteiger partial charge in [0.1, 0.15) is 10.7 Å². The first-order valence-electron chi connectivity index (χ1n) is 6.87. The van der Waals surface area contributed by atoms with Crippen molar-refractivity contribution >= 4 is 15.7 Å². The molecule has 0 aliphatic rings. The number of rotatable bonds is 7. The molecule has 0 saturated heterocycles. The molecule has 21 heavy (non-hydrogen) atoms. The predicted molar refractivity (Wildman–Crippen MR) is 80.8 cm³/mol. The van der Waals surface area contributed by atoms with Gasteiger partial charge in [0.2, 0.25) is 10.0 Å². The van der Waals surface area contributed by atoms with Crippen LogP contribution in [0.3, 0.4) is 0 Å². The number of hydrogen-bond donors (Lipinski definition) is 3. The van der Waals surface area contributed by atoms with E-state index in [4.69, 9.17) is 5.73 Å². The van der Waals surface area contributed by atoms with E-state index in [1.165, 1.54) is 0 Å². The fourth-order valence-electron chi connectivity index (χ4n) is 1.98. The second-order valence-corrected chi connectivity index (χ2v) is 7.06. The first kappa shape index (κ1) is 17.9. The number of nitrogens with two attached hydrogens (primary N) is 1. The van der Waals surface area contributed by atoms with Gasteiger partial charge in [-0.2, -0.15) is 0 Å². The topological polar surface area (TPSA) is 92.4 Å². The highest BCUT2D eigenvalue weighted by Crippen LogP contribution is 2.26. The third kappa shape index (κ3) is 3.93. The highest BCUT2D eigenvalue weighted by Gasteiger charge is 2.29. The van der Waals surface area contributed by atoms with Crippen LogP contribution < -0.4 is 10.5 Å². The van der Waals surface area contributed by atoms with Gasteiger partial charge in [-0.15, -0.1) is 0 Å². The van der Waals surface area contributed by atoms with Crippen LogP contribution in [0.15, 0.2) is 17.0 Å². The lowest BCUT2D eigenvalue weighted by atomic mass is 9.84. The number of aliphatic hydroxyl groups is 1. The van der Waals surface area contributed by atoms with Gasteiger partial charge in [-0.05, 0) is 37.5 Å². The molecule has 0 spiro atoms. The Balaban J connectivity index is 3.05. The Bertz CT molecular complexity index is 590. The molecule has 0 unspecified atom stereocenters. The second kappa shape index (κ2) is 6.72. The fraction of sp³-hybridized carbons (Fsp3) is 0.571. The van der Waals surface area contributed by atoms with E-state index in [1.807, 2.05) is 13.8 Å². The highest BCUT2D eigenvalue weighted by molar-refractivity contribution is 7.89. The summed E-state index contributed by atoms with van der Waals surface area (Å²) in [6.07, 6.45) is 1.22. The van der Waals surface area contributed by atoms with E-state index in [1.54, 1.807) is 6.92 Å². The molecule has 1 aromatic carbocycles. The summed E-state index contributed by atoms with van der Waals surface area (Å²) >= 11 is 0. The molecule has 4 N–H and O–H groups in total. The minimum atomic E-state index is -4.01. The maximum absolute atomic E-state index is 13.9. The molecule has 0 amide bonds. The van der Waals surface area contributed by atoms with Gasteiger partial charge in [0, 0.05) is 24.3 Å². The summed E-state index contributed by atoms with van der Waals surface area (Å²) in [7, 11) is -4.01. The van der Waals surface area contributed by atoms with Crippen LogP contribution in [0.2, 0.25) is 0 Å². The Morgan fingerprint density at radius 1 is 1.33 bits per heavy atom. The van der Waals surface area contributed by atoms with E-state index in [-0.39, 0.29) is 18.8 Å². The molecule has 0 radical (unpaired) electrons. The smallest absolute Gasteiger partial charge is 0.243 e. The Morgan fingerprint density at radius 2 is 1.90 bits per heavy atom. The van der Waals surface area contributed by atoms with Gasteiger partial charge in [0.25, 0.3) is 0 Å². The van der Waals surface area contributed by atoms with Crippen LogP contribution in [0.1, 0.15) is 32.3 Å². The molecule has 0 atom stereocenters. The van der Waals surface area contributed by atoms with Crippen molar-refractivity contribution in [3.05, 3.63) is 23.5 Å². The van der Waals surface area contributed by atoms with E-state index >= 15 is 0 Å². The van der Waals surface area contributed by atoms with E-state index in [0.29, 0.717) is 18.4 Å². The van der Waals surface area contributed by atoms with Gasteiger partial charge in [-0.3, -0.25) is 0 Å². The Hall–Kier alpha value is -1.18. The number of aryl methyl sites for hydroxylation is 1. The maximum atomic E-state index is 13.9. The van der Waals surface area contributed by atoms with Crippen molar-refractivity contribution in [3.8, 4) is 0 Å². The largest absolute Gasteiger partial charge is 0.398 e. The summed E-state index contributed by atoms with van der Waals surface area (Å²) < 4.78 is 40.7. The fourth-order valence-corrected chi connectivity index (χ4v) is 3.23. The molecular weight excluding hydrogens is 295 g/mol. The van der Waals surface area contributed by atoms with Crippen molar-refractivity contribution in [1.29, 1.82) is 0 Å². The zero-order valence-electron chi connectivity index (χ0n) is 12.6. The van der Waals surface area contributed by atoms with Crippen molar-refractivity contribution < 1.29 is 17.9 Å². The molecule has 0 aliphatic carbocycles. The molecule has 1 aromatic rings. The average molecular weight is 318 g/mol. The number of nitrogens with one attached hydrogen (secondary N) is 1. The number of anilines is 1. The van der Waals surface area contributed by atoms with Crippen molar-refractivity contribution in [3.63, 3.8) is 0 Å². The Morgan fingerprint density at radius 3 is 2.38 bits per heavy atom. The van der Waals surface area contributed by atoms with Crippen LogP contribution in [0.25, 0.3) is 0 Å². The summed E-state index contributed by atoms with van der Waals surface area (Å²) in [5, 5.41) is 9.45. The van der Waals surface area contributed by atoms with Gasteiger partial charge in [-0.1, -0.05) is 13.8 Å². The third-order valence-electron chi connectivity index (χ3n) is 4.08. The van der Waals surface area contributed by atoms with E-state index in [2.05, 4.69) is 4.72 Å². The van der Waals surface area contributed by atoms with Crippen LogP contribution in [-0.2, 0) is 10.0 Å². The van der Waals surface area contributed by atoms with Gasteiger partial charge < -0.3 is 10.8 Å². The summed E-state index contributed by atoms with van der Waals surface area (Å²) in [6.45, 7) is 5.26. The van der Waals surface area contributed by atoms with Crippen molar-refractivity contribution in [2.75, 3.05) is 18.9 Å². The molecule has 7 heteroatoms. The van der Waals surface area contributed by atoms with E-state index in [9.17, 15) is 17.9 Å². The number of benzene rings is 1. The number of hydrogen-bond acceptors (Lipinski definition) is 4. The summed E-state index contributed by atoms with van der Waals surface area (Å²) in [4.78, 5) is -0.468. The van der Waals surface area contributed by atoms with Gasteiger partial charge in [0.15, 0.2) is 0 Å². The molecule has 0 fully saturated rings. The monoisotopic (exact) mass is 318 g/mol.